The van der Waals surface area contributed by atoms with Gasteiger partial charge in [0.05, 0.1) is 59.6 Å². The third kappa shape index (κ3) is 4.98. The van der Waals surface area contributed by atoms with Crippen LogP contribution in [0.2, 0.25) is 0 Å². The number of rotatable bonds is 8. The van der Waals surface area contributed by atoms with E-state index in [9.17, 15) is 14.9 Å². The molecular formula is C23H23N3O5S. The van der Waals surface area contributed by atoms with Crippen LogP contribution in [0.25, 0.3) is 0 Å². The number of nitrogens with zero attached hydrogens (tertiary/aromatic N) is 1. The summed E-state index contributed by atoms with van der Waals surface area (Å²) in [7, 11) is 1.52. The molecule has 166 valence electrons. The van der Waals surface area contributed by atoms with Gasteiger partial charge < -0.3 is 24.5 Å². The van der Waals surface area contributed by atoms with Gasteiger partial charge >= 0.3 is 5.97 Å². The van der Waals surface area contributed by atoms with Crippen LogP contribution in [0.15, 0.2) is 69.0 Å². The van der Waals surface area contributed by atoms with Gasteiger partial charge in [-0.2, -0.15) is 5.26 Å². The first-order valence-electron chi connectivity index (χ1n) is 9.88. The third-order valence-electron chi connectivity index (χ3n) is 4.71. The molecule has 0 aliphatic carbocycles. The lowest BCUT2D eigenvalue weighted by molar-refractivity contribution is -0.139. The molecular weight excluding hydrogens is 430 g/mol. The number of para-hydroxylation sites is 2. The van der Waals surface area contributed by atoms with Gasteiger partial charge in [-0.05, 0) is 38.1 Å². The lowest BCUT2D eigenvalue weighted by atomic mass is 9.85. The summed E-state index contributed by atoms with van der Waals surface area (Å²) in [4.78, 5) is 25.2. The molecule has 0 spiro atoms. The van der Waals surface area contributed by atoms with Crippen LogP contribution >= 0.6 is 11.8 Å². The molecule has 8 nitrogen and oxygen atoms in total. The first kappa shape index (κ1) is 23.0. The highest BCUT2D eigenvalue weighted by molar-refractivity contribution is 8.03. The molecule has 0 bridgehead atoms. The SMILES string of the molecule is CCOC(=O)CSC1=C(C#N)[C@@H](c2ccco2)C(C(=O)Nc2ccccc2OC)=C(C)N1. The number of esters is 1. The molecule has 9 heteroatoms. The van der Waals surface area contributed by atoms with E-state index < -0.39 is 11.8 Å². The van der Waals surface area contributed by atoms with Gasteiger partial charge in [0.1, 0.15) is 11.5 Å². The summed E-state index contributed by atoms with van der Waals surface area (Å²) in [5.74, 6) is -0.540. The number of nitrogens with one attached hydrogen (secondary N) is 2. The Balaban J connectivity index is 1.97. The highest BCUT2D eigenvalue weighted by Crippen LogP contribution is 2.41. The Morgan fingerprint density at radius 1 is 1.28 bits per heavy atom. The molecule has 2 heterocycles. The largest absolute Gasteiger partial charge is 0.495 e. The summed E-state index contributed by atoms with van der Waals surface area (Å²) in [6.45, 7) is 3.75. The number of furan rings is 1. The zero-order valence-corrected chi connectivity index (χ0v) is 18.7. The van der Waals surface area contributed by atoms with E-state index in [1.807, 2.05) is 0 Å². The average molecular weight is 454 g/mol. The van der Waals surface area contributed by atoms with Gasteiger partial charge in [0.25, 0.3) is 5.91 Å². The van der Waals surface area contributed by atoms with Crippen LogP contribution in [-0.4, -0.2) is 31.3 Å². The Morgan fingerprint density at radius 3 is 2.72 bits per heavy atom. The molecule has 0 unspecified atom stereocenters. The fraction of sp³-hybridized carbons (Fsp3) is 0.261. The normalized spacial score (nSPS) is 15.6. The van der Waals surface area contributed by atoms with Crippen LogP contribution < -0.4 is 15.4 Å². The van der Waals surface area contributed by atoms with Crippen LogP contribution in [0.5, 0.6) is 5.75 Å². The van der Waals surface area contributed by atoms with Gasteiger partial charge in [0.2, 0.25) is 0 Å². The smallest absolute Gasteiger partial charge is 0.316 e. The molecule has 0 radical (unpaired) electrons. The highest BCUT2D eigenvalue weighted by Gasteiger charge is 2.36. The van der Waals surface area contributed by atoms with Crippen molar-refractivity contribution < 1.29 is 23.5 Å². The van der Waals surface area contributed by atoms with Crippen LogP contribution in [0, 0.1) is 11.3 Å². The number of allylic oxidation sites excluding steroid dienone is 2. The molecule has 1 amide bonds. The average Bonchev–Trinajstić information content (AvgIpc) is 3.32. The lowest BCUT2D eigenvalue weighted by Gasteiger charge is -2.28. The third-order valence-corrected chi connectivity index (χ3v) is 5.71. The number of benzene rings is 1. The maximum absolute atomic E-state index is 13.4. The van der Waals surface area contributed by atoms with Gasteiger partial charge in [-0.1, -0.05) is 23.9 Å². The van der Waals surface area contributed by atoms with Crippen molar-refractivity contribution in [2.24, 2.45) is 0 Å². The minimum Gasteiger partial charge on any atom is -0.495 e. The second-order valence-electron chi connectivity index (χ2n) is 6.71. The molecule has 1 aliphatic heterocycles. The van der Waals surface area contributed by atoms with E-state index in [4.69, 9.17) is 13.9 Å². The number of methoxy groups -OCH3 is 1. The van der Waals surface area contributed by atoms with Crippen molar-refractivity contribution in [1.29, 1.82) is 5.26 Å². The summed E-state index contributed by atoms with van der Waals surface area (Å²) >= 11 is 1.15. The Kier molecular flexibility index (Phi) is 7.63. The van der Waals surface area contributed by atoms with Crippen molar-refractivity contribution in [2.75, 3.05) is 24.8 Å². The lowest BCUT2D eigenvalue weighted by Crippen LogP contribution is -2.31. The molecule has 32 heavy (non-hydrogen) atoms. The fourth-order valence-electron chi connectivity index (χ4n) is 3.34. The topological polar surface area (TPSA) is 114 Å². The highest BCUT2D eigenvalue weighted by atomic mass is 32.2. The zero-order chi connectivity index (χ0) is 23.1. The molecule has 1 atom stereocenters. The number of hydrogen-bond donors (Lipinski definition) is 2. The quantitative estimate of drug-likeness (QED) is 0.578. The minimum atomic E-state index is -0.740. The van der Waals surface area contributed by atoms with Crippen molar-refractivity contribution in [3.63, 3.8) is 0 Å². The van der Waals surface area contributed by atoms with Gasteiger partial charge in [0, 0.05) is 5.70 Å². The van der Waals surface area contributed by atoms with E-state index >= 15 is 0 Å². The van der Waals surface area contributed by atoms with E-state index in [2.05, 4.69) is 16.7 Å². The van der Waals surface area contributed by atoms with Crippen LogP contribution in [0.4, 0.5) is 5.69 Å². The number of thioether (sulfide) groups is 1. The Bertz CT molecular complexity index is 1100. The van der Waals surface area contributed by atoms with E-state index in [1.165, 1.54) is 13.4 Å². The van der Waals surface area contributed by atoms with E-state index in [-0.39, 0.29) is 23.9 Å². The molecule has 1 aromatic carbocycles. The zero-order valence-electron chi connectivity index (χ0n) is 17.9. The fourth-order valence-corrected chi connectivity index (χ4v) is 4.23. The maximum atomic E-state index is 13.4. The van der Waals surface area contributed by atoms with Crippen LogP contribution in [0.1, 0.15) is 25.5 Å². The number of anilines is 1. The minimum absolute atomic E-state index is 0.0300. The number of carbonyl (C=O) groups is 2. The monoisotopic (exact) mass is 453 g/mol. The summed E-state index contributed by atoms with van der Waals surface area (Å²) in [5.41, 5.74) is 1.67. The second-order valence-corrected chi connectivity index (χ2v) is 7.70. The van der Waals surface area contributed by atoms with Crippen molar-refractivity contribution in [1.82, 2.24) is 5.32 Å². The molecule has 0 saturated carbocycles. The van der Waals surface area contributed by atoms with Gasteiger partial charge in [-0.3, -0.25) is 9.59 Å². The summed E-state index contributed by atoms with van der Waals surface area (Å²) in [6.07, 6.45) is 1.49. The van der Waals surface area contributed by atoms with E-state index in [0.29, 0.717) is 33.5 Å². The number of carbonyl (C=O) groups excluding carboxylic acids is 2. The standard InChI is InChI=1S/C23H23N3O5S/c1-4-30-19(27)13-32-23-15(12-24)21(18-10-7-11-31-18)20(14(2)25-23)22(28)26-16-8-5-6-9-17(16)29-3/h5-11,21,25H,4,13H2,1-3H3,(H,26,28)/t21-/m0/s1. The Labute approximate surface area is 190 Å². The Morgan fingerprint density at radius 2 is 2.06 bits per heavy atom. The van der Waals surface area contributed by atoms with E-state index in [0.717, 1.165) is 11.8 Å². The van der Waals surface area contributed by atoms with Gasteiger partial charge in [0.15, 0.2) is 0 Å². The van der Waals surface area contributed by atoms with Crippen molar-refractivity contribution in [3.05, 3.63) is 70.3 Å². The summed E-state index contributed by atoms with van der Waals surface area (Å²) in [5, 5.41) is 16.4. The first-order chi connectivity index (χ1) is 15.5. The molecule has 1 aromatic heterocycles. The van der Waals surface area contributed by atoms with Crippen molar-refractivity contribution in [3.8, 4) is 11.8 Å². The molecule has 1 aliphatic rings. The second kappa shape index (κ2) is 10.6. The number of amides is 1. The van der Waals surface area contributed by atoms with Crippen molar-refractivity contribution >= 4 is 29.3 Å². The molecule has 0 saturated heterocycles. The number of dihydropyridines is 1. The van der Waals surface area contributed by atoms with Gasteiger partial charge in [-0.25, -0.2) is 0 Å². The predicted octanol–water partition coefficient (Wildman–Crippen LogP) is 3.92. The van der Waals surface area contributed by atoms with Gasteiger partial charge in [-0.15, -0.1) is 0 Å². The number of nitriles is 1. The molecule has 3 rings (SSSR count). The molecule has 0 fully saturated rings. The summed E-state index contributed by atoms with van der Waals surface area (Å²) in [6, 6.07) is 12.7. The summed E-state index contributed by atoms with van der Waals surface area (Å²) < 4.78 is 15.9. The molecule has 2 aromatic rings. The van der Waals surface area contributed by atoms with Crippen molar-refractivity contribution in [2.45, 2.75) is 19.8 Å². The maximum Gasteiger partial charge on any atom is 0.316 e. The first-order valence-corrected chi connectivity index (χ1v) is 10.9. The number of ether oxygens (including phenoxy) is 2. The predicted molar refractivity (Wildman–Crippen MR) is 121 cm³/mol. The Hall–Kier alpha value is -3.64. The number of hydrogen-bond acceptors (Lipinski definition) is 8. The van der Waals surface area contributed by atoms with E-state index in [1.54, 1.807) is 50.2 Å². The van der Waals surface area contributed by atoms with Crippen LogP contribution in [-0.2, 0) is 14.3 Å². The molecule has 2 N–H and O–H groups in total. The van der Waals surface area contributed by atoms with Crippen LogP contribution in [0.3, 0.4) is 0 Å².